The van der Waals surface area contributed by atoms with Crippen LogP contribution in [0.5, 0.6) is 0 Å². The van der Waals surface area contributed by atoms with Crippen molar-refractivity contribution < 1.29 is 23.1 Å². The van der Waals surface area contributed by atoms with Crippen molar-refractivity contribution in [3.63, 3.8) is 0 Å². The molecule has 1 aromatic rings. The van der Waals surface area contributed by atoms with Crippen molar-refractivity contribution >= 4 is 27.1 Å². The third-order valence-electron chi connectivity index (χ3n) is 4.04. The molecule has 1 aliphatic rings. The number of sulfone groups is 1. The van der Waals surface area contributed by atoms with E-state index in [0.717, 1.165) is 18.2 Å². The first-order valence-electron chi connectivity index (χ1n) is 7.95. The van der Waals surface area contributed by atoms with Gasteiger partial charge in [-0.3, -0.25) is 25.0 Å². The number of nitro groups is 2. The van der Waals surface area contributed by atoms with Crippen LogP contribution in [0.1, 0.15) is 30.6 Å². The van der Waals surface area contributed by atoms with Crippen molar-refractivity contribution in [2.24, 2.45) is 5.92 Å². The second-order valence-electron chi connectivity index (χ2n) is 6.66. The van der Waals surface area contributed by atoms with Crippen molar-refractivity contribution in [3.05, 3.63) is 44.0 Å². The summed E-state index contributed by atoms with van der Waals surface area (Å²) in [6.45, 7) is 3.94. The van der Waals surface area contributed by atoms with Crippen LogP contribution in [0.15, 0.2) is 18.2 Å². The average Bonchev–Trinajstić information content (AvgIpc) is 2.91. The maximum absolute atomic E-state index is 12.9. The number of rotatable bonds is 6. The Morgan fingerprint density at radius 3 is 2.12 bits per heavy atom. The molecule has 1 unspecified atom stereocenters. The van der Waals surface area contributed by atoms with Crippen LogP contribution in [-0.2, 0) is 9.84 Å². The van der Waals surface area contributed by atoms with E-state index in [2.05, 4.69) is 0 Å². The van der Waals surface area contributed by atoms with Gasteiger partial charge in [-0.15, -0.1) is 0 Å². The van der Waals surface area contributed by atoms with Gasteiger partial charge in [-0.05, 0) is 12.3 Å². The fraction of sp³-hybridized carbons (Fsp3) is 0.533. The first-order chi connectivity index (χ1) is 12.0. The van der Waals surface area contributed by atoms with Crippen molar-refractivity contribution in [2.75, 3.05) is 18.1 Å². The summed E-state index contributed by atoms with van der Waals surface area (Å²) < 4.78 is 23.5. The lowest BCUT2D eigenvalue weighted by atomic mass is 10.1. The van der Waals surface area contributed by atoms with Crippen LogP contribution in [-0.4, -0.2) is 53.2 Å². The van der Waals surface area contributed by atoms with Gasteiger partial charge >= 0.3 is 0 Å². The highest BCUT2D eigenvalue weighted by atomic mass is 32.2. The Kier molecular flexibility index (Phi) is 5.59. The molecule has 0 spiro atoms. The van der Waals surface area contributed by atoms with Gasteiger partial charge in [0.25, 0.3) is 17.3 Å². The molecule has 0 aliphatic carbocycles. The summed E-state index contributed by atoms with van der Waals surface area (Å²) in [7, 11) is -3.25. The average molecular weight is 385 g/mol. The highest BCUT2D eigenvalue weighted by Gasteiger charge is 2.36. The lowest BCUT2D eigenvalue weighted by Gasteiger charge is -2.30. The Hall–Kier alpha value is -2.56. The molecule has 1 saturated heterocycles. The summed E-state index contributed by atoms with van der Waals surface area (Å²) in [6, 6.07) is 2.19. The lowest BCUT2D eigenvalue weighted by Crippen LogP contribution is -2.43. The zero-order valence-corrected chi connectivity index (χ0v) is 15.1. The van der Waals surface area contributed by atoms with Crippen molar-refractivity contribution in [1.29, 1.82) is 0 Å². The Morgan fingerprint density at radius 2 is 1.73 bits per heavy atom. The van der Waals surface area contributed by atoms with E-state index in [0.29, 0.717) is 0 Å². The van der Waals surface area contributed by atoms with Crippen LogP contribution in [0, 0.1) is 26.1 Å². The standard InChI is InChI=1S/C15H19N3O7S/c1-10(2)8-16(12-3-4-26(24,25)9-12)15(19)11-5-13(17(20)21)7-14(6-11)18(22)23/h5-7,10,12H,3-4,8-9H2,1-2H3. The molecule has 1 aromatic carbocycles. The molecule has 0 saturated carbocycles. The van der Waals surface area contributed by atoms with Crippen LogP contribution in [0.2, 0.25) is 0 Å². The van der Waals surface area contributed by atoms with E-state index in [4.69, 9.17) is 0 Å². The van der Waals surface area contributed by atoms with Gasteiger partial charge in [-0.25, -0.2) is 8.42 Å². The van der Waals surface area contributed by atoms with E-state index in [1.807, 2.05) is 13.8 Å². The third kappa shape index (κ3) is 4.54. The minimum Gasteiger partial charge on any atom is -0.334 e. The fourth-order valence-electron chi connectivity index (χ4n) is 2.91. The summed E-state index contributed by atoms with van der Waals surface area (Å²) in [5.74, 6) is -0.833. The fourth-order valence-corrected chi connectivity index (χ4v) is 4.64. The predicted octanol–water partition coefficient (Wildman–Crippen LogP) is 1.79. The zero-order valence-electron chi connectivity index (χ0n) is 14.3. The minimum atomic E-state index is -3.25. The number of carbonyl (C=O) groups excluding carboxylic acids is 1. The summed E-state index contributed by atoms with van der Waals surface area (Å²) >= 11 is 0. The molecule has 0 N–H and O–H groups in total. The van der Waals surface area contributed by atoms with Gasteiger partial charge in [0.15, 0.2) is 9.84 Å². The number of carbonyl (C=O) groups is 1. The second-order valence-corrected chi connectivity index (χ2v) is 8.89. The molecule has 0 radical (unpaired) electrons. The van der Waals surface area contributed by atoms with Gasteiger partial charge in [-0.2, -0.15) is 0 Å². The quantitative estimate of drug-likeness (QED) is 0.537. The van der Waals surface area contributed by atoms with Crippen LogP contribution in [0.3, 0.4) is 0 Å². The van der Waals surface area contributed by atoms with Gasteiger partial charge < -0.3 is 4.90 Å². The number of benzene rings is 1. The van der Waals surface area contributed by atoms with E-state index in [9.17, 15) is 33.4 Å². The number of nitro benzene ring substituents is 2. The van der Waals surface area contributed by atoms with E-state index in [-0.39, 0.29) is 36.0 Å². The van der Waals surface area contributed by atoms with Gasteiger partial charge in [0.1, 0.15) is 0 Å². The summed E-state index contributed by atoms with van der Waals surface area (Å²) in [5.41, 5.74) is -1.33. The minimum absolute atomic E-state index is 0.0240. The third-order valence-corrected chi connectivity index (χ3v) is 5.79. The monoisotopic (exact) mass is 385 g/mol. The van der Waals surface area contributed by atoms with Crippen molar-refractivity contribution in [2.45, 2.75) is 26.3 Å². The van der Waals surface area contributed by atoms with Crippen LogP contribution in [0.4, 0.5) is 11.4 Å². The Bertz CT molecular complexity index is 819. The van der Waals surface area contributed by atoms with Crippen molar-refractivity contribution in [1.82, 2.24) is 4.90 Å². The van der Waals surface area contributed by atoms with E-state index in [1.165, 1.54) is 4.90 Å². The molecule has 1 heterocycles. The number of hydrogen-bond acceptors (Lipinski definition) is 7. The lowest BCUT2D eigenvalue weighted by molar-refractivity contribution is -0.394. The van der Waals surface area contributed by atoms with E-state index < -0.39 is 43.0 Å². The summed E-state index contributed by atoms with van der Waals surface area (Å²) in [5, 5.41) is 22.0. The normalized spacial score (nSPS) is 18.7. The number of amides is 1. The molecule has 0 aromatic heterocycles. The summed E-state index contributed by atoms with van der Waals surface area (Å²) in [6.07, 6.45) is 0.276. The van der Waals surface area contributed by atoms with Gasteiger partial charge in [0.05, 0.1) is 33.0 Å². The molecule has 1 aliphatic heterocycles. The van der Waals surface area contributed by atoms with Gasteiger partial charge in [0, 0.05) is 24.7 Å². The zero-order chi connectivity index (χ0) is 19.6. The van der Waals surface area contributed by atoms with Crippen LogP contribution in [0.25, 0.3) is 0 Å². The molecule has 0 bridgehead atoms. The Labute approximate surface area is 150 Å². The maximum atomic E-state index is 12.9. The smallest absolute Gasteiger partial charge is 0.277 e. The molecule has 142 valence electrons. The molecule has 1 amide bonds. The molecule has 11 heteroatoms. The molecule has 10 nitrogen and oxygen atoms in total. The molecule has 1 fully saturated rings. The largest absolute Gasteiger partial charge is 0.334 e. The molecule has 26 heavy (non-hydrogen) atoms. The highest BCUT2D eigenvalue weighted by Crippen LogP contribution is 2.26. The van der Waals surface area contributed by atoms with E-state index in [1.54, 1.807) is 0 Å². The van der Waals surface area contributed by atoms with Crippen molar-refractivity contribution in [3.8, 4) is 0 Å². The van der Waals surface area contributed by atoms with Crippen LogP contribution < -0.4 is 0 Å². The number of hydrogen-bond donors (Lipinski definition) is 0. The SMILES string of the molecule is CC(C)CN(C(=O)c1cc([N+](=O)[O-])cc([N+](=O)[O-])c1)C1CCS(=O)(=O)C1. The Balaban J connectivity index is 2.44. The molecular formula is C15H19N3O7S. The predicted molar refractivity (Wildman–Crippen MR) is 92.7 cm³/mol. The van der Waals surface area contributed by atoms with Crippen LogP contribution >= 0.6 is 0 Å². The van der Waals surface area contributed by atoms with Gasteiger partial charge in [-0.1, -0.05) is 13.8 Å². The topological polar surface area (TPSA) is 141 Å². The Morgan fingerprint density at radius 1 is 1.19 bits per heavy atom. The molecular weight excluding hydrogens is 366 g/mol. The number of nitrogens with zero attached hydrogens (tertiary/aromatic N) is 3. The maximum Gasteiger partial charge on any atom is 0.277 e. The molecule has 1 atom stereocenters. The number of non-ortho nitro benzene ring substituents is 2. The summed E-state index contributed by atoms with van der Waals surface area (Å²) in [4.78, 5) is 34.7. The second kappa shape index (κ2) is 7.36. The van der Waals surface area contributed by atoms with E-state index >= 15 is 0 Å². The molecule has 2 rings (SSSR count). The first kappa shape index (κ1) is 19.8. The van der Waals surface area contributed by atoms with Gasteiger partial charge in [0.2, 0.25) is 0 Å². The first-order valence-corrected chi connectivity index (χ1v) is 9.77. The highest BCUT2D eigenvalue weighted by molar-refractivity contribution is 7.91.